The van der Waals surface area contributed by atoms with Crippen LogP contribution < -0.4 is 21.1 Å². The third-order valence-electron chi connectivity index (χ3n) is 7.08. The summed E-state index contributed by atoms with van der Waals surface area (Å²) in [5.74, 6) is 0.776. The monoisotopic (exact) mass is 426 g/mol. The quantitative estimate of drug-likeness (QED) is 0.700. The van der Waals surface area contributed by atoms with E-state index in [1.165, 1.54) is 23.3 Å². The number of hydrogen-bond donors (Lipinski definition) is 2. The summed E-state index contributed by atoms with van der Waals surface area (Å²) in [6.07, 6.45) is 8.20. The van der Waals surface area contributed by atoms with Crippen LogP contribution in [0.4, 0.5) is 0 Å². The Labute approximate surface area is 186 Å². The first-order valence-corrected chi connectivity index (χ1v) is 12.0. The SMILES string of the molecule is Cc1c(C(=O)NCCN2CCOCC2)ccc2c1=CN(CC1CCNCC1)C(C)CC=2. The van der Waals surface area contributed by atoms with Crippen molar-refractivity contribution >= 4 is 18.2 Å². The van der Waals surface area contributed by atoms with E-state index in [9.17, 15) is 4.79 Å². The lowest BCUT2D eigenvalue weighted by Gasteiger charge is -2.32. The first-order valence-electron chi connectivity index (χ1n) is 12.0. The number of nitrogens with one attached hydrogen (secondary N) is 2. The maximum absolute atomic E-state index is 12.9. The number of morpholine rings is 1. The molecule has 0 aromatic heterocycles. The molecule has 170 valence electrons. The summed E-state index contributed by atoms with van der Waals surface area (Å²) in [5, 5.41) is 9.06. The van der Waals surface area contributed by atoms with Crippen LogP contribution in [0.1, 0.15) is 42.1 Å². The molecule has 4 rings (SSSR count). The zero-order chi connectivity index (χ0) is 21.6. The van der Waals surface area contributed by atoms with Crippen LogP contribution in [0, 0.1) is 12.8 Å². The van der Waals surface area contributed by atoms with Gasteiger partial charge in [0, 0.05) is 55.7 Å². The lowest BCUT2D eigenvalue weighted by molar-refractivity contribution is 0.0383. The Morgan fingerprint density at radius 2 is 2.00 bits per heavy atom. The van der Waals surface area contributed by atoms with E-state index in [0.717, 1.165) is 75.9 Å². The second-order valence-electron chi connectivity index (χ2n) is 9.26. The number of ether oxygens (including phenoxy) is 1. The van der Waals surface area contributed by atoms with E-state index in [0.29, 0.717) is 12.6 Å². The second kappa shape index (κ2) is 10.6. The third kappa shape index (κ3) is 5.68. The van der Waals surface area contributed by atoms with Gasteiger partial charge in [0.2, 0.25) is 0 Å². The van der Waals surface area contributed by atoms with Crippen LogP contribution in [-0.4, -0.2) is 80.8 Å². The van der Waals surface area contributed by atoms with Crippen molar-refractivity contribution in [3.8, 4) is 0 Å². The zero-order valence-corrected chi connectivity index (χ0v) is 19.2. The second-order valence-corrected chi connectivity index (χ2v) is 9.26. The number of rotatable bonds is 6. The van der Waals surface area contributed by atoms with E-state index in [-0.39, 0.29) is 5.91 Å². The minimum Gasteiger partial charge on any atom is -0.379 e. The molecule has 0 saturated carbocycles. The smallest absolute Gasteiger partial charge is 0.251 e. The molecule has 0 bridgehead atoms. The predicted molar refractivity (Wildman–Crippen MR) is 125 cm³/mol. The summed E-state index contributed by atoms with van der Waals surface area (Å²) in [7, 11) is 0. The maximum atomic E-state index is 12.9. The molecule has 3 aliphatic heterocycles. The molecule has 2 saturated heterocycles. The molecule has 31 heavy (non-hydrogen) atoms. The van der Waals surface area contributed by atoms with Gasteiger partial charge in [0.1, 0.15) is 0 Å². The topological polar surface area (TPSA) is 56.8 Å². The number of carbonyl (C=O) groups excluding carboxylic acids is 1. The highest BCUT2D eigenvalue weighted by Gasteiger charge is 2.20. The lowest BCUT2D eigenvalue weighted by Crippen LogP contribution is -2.42. The van der Waals surface area contributed by atoms with Crippen molar-refractivity contribution < 1.29 is 9.53 Å². The summed E-state index contributed by atoms with van der Waals surface area (Å²) < 4.78 is 5.40. The minimum atomic E-state index is 0.0316. The molecule has 6 nitrogen and oxygen atoms in total. The average molecular weight is 427 g/mol. The minimum absolute atomic E-state index is 0.0316. The van der Waals surface area contributed by atoms with Crippen molar-refractivity contribution in [3.05, 3.63) is 33.7 Å². The highest BCUT2D eigenvalue weighted by Crippen LogP contribution is 2.18. The molecule has 1 aromatic carbocycles. The maximum Gasteiger partial charge on any atom is 0.251 e. The summed E-state index contributed by atoms with van der Waals surface area (Å²) in [5.41, 5.74) is 1.88. The number of fused-ring (bicyclic) bond motifs is 1. The van der Waals surface area contributed by atoms with Crippen molar-refractivity contribution in [3.63, 3.8) is 0 Å². The van der Waals surface area contributed by atoms with E-state index < -0.39 is 0 Å². The number of benzene rings is 1. The molecule has 0 aliphatic carbocycles. The van der Waals surface area contributed by atoms with Gasteiger partial charge in [-0.1, -0.05) is 12.1 Å². The Balaban J connectivity index is 1.48. The fraction of sp³-hybridized carbons (Fsp3) is 0.640. The molecule has 1 aromatic rings. The molecule has 1 amide bonds. The van der Waals surface area contributed by atoms with Crippen LogP contribution in [0.25, 0.3) is 12.3 Å². The Bertz CT molecular complexity index is 872. The number of carbonyl (C=O) groups is 1. The molecule has 1 atom stereocenters. The molecule has 0 radical (unpaired) electrons. The molecular formula is C25H38N4O2. The third-order valence-corrected chi connectivity index (χ3v) is 7.08. The van der Waals surface area contributed by atoms with Crippen molar-refractivity contribution in [2.75, 3.05) is 59.0 Å². The van der Waals surface area contributed by atoms with E-state index in [1.54, 1.807) is 0 Å². The van der Waals surface area contributed by atoms with Gasteiger partial charge >= 0.3 is 0 Å². The molecule has 2 N–H and O–H groups in total. The summed E-state index contributed by atoms with van der Waals surface area (Å²) in [6.45, 7) is 12.8. The molecule has 3 aliphatic rings. The fourth-order valence-electron chi connectivity index (χ4n) is 4.91. The fourth-order valence-corrected chi connectivity index (χ4v) is 4.91. The lowest BCUT2D eigenvalue weighted by atomic mass is 9.97. The average Bonchev–Trinajstić information content (AvgIpc) is 2.95. The molecular weight excluding hydrogens is 388 g/mol. The molecule has 2 fully saturated rings. The predicted octanol–water partition coefficient (Wildman–Crippen LogP) is 0.669. The number of piperidine rings is 1. The number of nitrogens with zero attached hydrogens (tertiary/aromatic N) is 2. The van der Waals surface area contributed by atoms with Gasteiger partial charge in [-0.2, -0.15) is 0 Å². The highest BCUT2D eigenvalue weighted by molar-refractivity contribution is 5.95. The van der Waals surface area contributed by atoms with Gasteiger partial charge in [0.15, 0.2) is 0 Å². The Morgan fingerprint density at radius 1 is 1.23 bits per heavy atom. The van der Waals surface area contributed by atoms with Gasteiger partial charge in [-0.25, -0.2) is 0 Å². The van der Waals surface area contributed by atoms with Gasteiger partial charge in [0.25, 0.3) is 5.91 Å². The first-order chi connectivity index (χ1) is 15.1. The van der Waals surface area contributed by atoms with Crippen LogP contribution >= 0.6 is 0 Å². The van der Waals surface area contributed by atoms with Crippen LogP contribution in [0.2, 0.25) is 0 Å². The van der Waals surface area contributed by atoms with Gasteiger partial charge in [-0.3, -0.25) is 9.69 Å². The normalized spacial score (nSPS) is 22.8. The van der Waals surface area contributed by atoms with Gasteiger partial charge in [-0.05, 0) is 69.0 Å². The van der Waals surface area contributed by atoms with Crippen molar-refractivity contribution in [1.29, 1.82) is 0 Å². The van der Waals surface area contributed by atoms with Crippen LogP contribution in [0.3, 0.4) is 0 Å². The highest BCUT2D eigenvalue weighted by atomic mass is 16.5. The molecule has 3 heterocycles. The van der Waals surface area contributed by atoms with E-state index in [4.69, 9.17) is 4.74 Å². The Hall–Kier alpha value is -1.89. The number of hydrogen-bond acceptors (Lipinski definition) is 5. The molecule has 6 heteroatoms. The van der Waals surface area contributed by atoms with Crippen LogP contribution in [0.5, 0.6) is 0 Å². The Morgan fingerprint density at radius 3 is 2.77 bits per heavy atom. The first kappa shape index (κ1) is 22.3. The van der Waals surface area contributed by atoms with Gasteiger partial charge in [-0.15, -0.1) is 0 Å². The summed E-state index contributed by atoms with van der Waals surface area (Å²) in [4.78, 5) is 17.8. The van der Waals surface area contributed by atoms with E-state index >= 15 is 0 Å². The zero-order valence-electron chi connectivity index (χ0n) is 19.2. The summed E-state index contributed by atoms with van der Waals surface area (Å²) in [6, 6.07) is 4.60. The van der Waals surface area contributed by atoms with Crippen LogP contribution in [-0.2, 0) is 4.74 Å². The largest absolute Gasteiger partial charge is 0.379 e. The Kier molecular flexibility index (Phi) is 7.64. The molecule has 1 unspecified atom stereocenters. The van der Waals surface area contributed by atoms with Crippen LogP contribution in [0.15, 0.2) is 12.1 Å². The van der Waals surface area contributed by atoms with Gasteiger partial charge < -0.3 is 20.3 Å². The van der Waals surface area contributed by atoms with Crippen molar-refractivity contribution in [1.82, 2.24) is 20.4 Å². The van der Waals surface area contributed by atoms with Crippen molar-refractivity contribution in [2.45, 2.75) is 39.2 Å². The number of amides is 1. The summed E-state index contributed by atoms with van der Waals surface area (Å²) >= 11 is 0. The van der Waals surface area contributed by atoms with E-state index in [1.807, 2.05) is 6.07 Å². The van der Waals surface area contributed by atoms with Gasteiger partial charge in [0.05, 0.1) is 13.2 Å². The standard InChI is InChI=1S/C25H38N4O2/c1-19-3-4-22-5-6-23(25(30)27-11-12-28-13-15-31-16-14-28)20(2)24(22)18-29(19)17-21-7-9-26-10-8-21/h4-6,18-19,21,26H,3,7-17H2,1-2H3,(H,27,30). The van der Waals surface area contributed by atoms with Crippen molar-refractivity contribution in [2.24, 2.45) is 5.92 Å². The molecule has 0 spiro atoms. The van der Waals surface area contributed by atoms with E-state index in [2.05, 4.69) is 52.6 Å².